The molecular weight excluding hydrogens is 256 g/mol. The van der Waals surface area contributed by atoms with Crippen LogP contribution in [0.3, 0.4) is 0 Å². The first-order valence-electron chi connectivity index (χ1n) is 6.95. The fraction of sp³-hybridized carbons (Fsp3) is 0.533. The van der Waals surface area contributed by atoms with Gasteiger partial charge in [0.1, 0.15) is 17.1 Å². The van der Waals surface area contributed by atoms with Crippen LogP contribution in [-0.2, 0) is 0 Å². The number of hydrogen-bond donors (Lipinski definition) is 1. The normalized spacial score (nSPS) is 18.8. The van der Waals surface area contributed by atoms with Crippen LogP contribution in [0.2, 0.25) is 0 Å². The van der Waals surface area contributed by atoms with Gasteiger partial charge in [0.15, 0.2) is 0 Å². The van der Waals surface area contributed by atoms with Crippen LogP contribution in [-0.4, -0.2) is 44.2 Å². The lowest BCUT2D eigenvalue weighted by Crippen LogP contribution is -2.47. The first-order valence-corrected chi connectivity index (χ1v) is 6.95. The Kier molecular flexibility index (Phi) is 4.84. The first-order chi connectivity index (χ1) is 9.72. The Labute approximate surface area is 119 Å². The van der Waals surface area contributed by atoms with Gasteiger partial charge < -0.3 is 20.1 Å². The number of amides is 1. The predicted molar refractivity (Wildman–Crippen MR) is 77.3 cm³/mol. The minimum atomic E-state index is -0.0607. The summed E-state index contributed by atoms with van der Waals surface area (Å²) < 4.78 is 10.6. The summed E-state index contributed by atoms with van der Waals surface area (Å²) in [7, 11) is 3.12. The van der Waals surface area contributed by atoms with Crippen molar-refractivity contribution in [2.24, 2.45) is 5.73 Å². The molecule has 0 radical (unpaired) electrons. The Morgan fingerprint density at radius 1 is 1.30 bits per heavy atom. The smallest absolute Gasteiger partial charge is 0.261 e. The summed E-state index contributed by atoms with van der Waals surface area (Å²) in [6.07, 6.45) is 3.09. The van der Waals surface area contributed by atoms with Crippen molar-refractivity contribution < 1.29 is 14.3 Å². The number of rotatable bonds is 4. The molecule has 0 spiro atoms. The predicted octanol–water partition coefficient (Wildman–Crippen LogP) is 1.66. The number of nitrogens with zero attached hydrogens (tertiary/aromatic N) is 1. The molecule has 110 valence electrons. The zero-order valence-electron chi connectivity index (χ0n) is 12.1. The molecule has 2 rings (SSSR count). The van der Waals surface area contributed by atoms with Crippen LogP contribution in [0.15, 0.2) is 18.2 Å². The summed E-state index contributed by atoms with van der Waals surface area (Å²) in [5, 5.41) is 0. The highest BCUT2D eigenvalue weighted by Gasteiger charge is 2.30. The zero-order valence-corrected chi connectivity index (χ0v) is 12.1. The van der Waals surface area contributed by atoms with E-state index in [1.807, 2.05) is 11.0 Å². The molecule has 0 bridgehead atoms. The third-order valence-corrected chi connectivity index (χ3v) is 3.80. The van der Waals surface area contributed by atoms with E-state index in [-0.39, 0.29) is 11.9 Å². The van der Waals surface area contributed by atoms with E-state index >= 15 is 0 Å². The standard InChI is InChI=1S/C15H22N2O3/c1-19-12-7-5-8-13(20-2)14(12)15(18)17-9-4-3-6-11(17)10-16/h5,7-8,11H,3-4,6,9-10,16H2,1-2H3. The van der Waals surface area contributed by atoms with E-state index in [1.54, 1.807) is 26.4 Å². The number of carbonyl (C=O) groups excluding carboxylic acids is 1. The molecule has 0 saturated carbocycles. The fourth-order valence-electron chi connectivity index (χ4n) is 2.72. The second kappa shape index (κ2) is 6.61. The third-order valence-electron chi connectivity index (χ3n) is 3.80. The van der Waals surface area contributed by atoms with Crippen LogP contribution in [0.4, 0.5) is 0 Å². The van der Waals surface area contributed by atoms with Gasteiger partial charge in [0.05, 0.1) is 14.2 Å². The first kappa shape index (κ1) is 14.7. The van der Waals surface area contributed by atoms with E-state index in [9.17, 15) is 4.79 Å². The highest BCUT2D eigenvalue weighted by atomic mass is 16.5. The number of nitrogens with two attached hydrogens (primary N) is 1. The van der Waals surface area contributed by atoms with Crippen LogP contribution in [0.1, 0.15) is 29.6 Å². The second-order valence-electron chi connectivity index (χ2n) is 4.92. The third kappa shape index (κ3) is 2.72. The molecule has 1 aliphatic heterocycles. The number of piperidine rings is 1. The average molecular weight is 278 g/mol. The van der Waals surface area contributed by atoms with Gasteiger partial charge in [-0.3, -0.25) is 4.79 Å². The Balaban J connectivity index is 2.36. The van der Waals surface area contributed by atoms with E-state index in [0.717, 1.165) is 25.8 Å². The molecule has 1 fully saturated rings. The SMILES string of the molecule is COc1cccc(OC)c1C(=O)N1CCCCC1CN. The number of methoxy groups -OCH3 is 2. The van der Waals surface area contributed by atoms with Crippen LogP contribution < -0.4 is 15.2 Å². The lowest BCUT2D eigenvalue weighted by Gasteiger charge is -2.35. The maximum absolute atomic E-state index is 12.8. The molecule has 1 atom stereocenters. The van der Waals surface area contributed by atoms with E-state index in [0.29, 0.717) is 23.6 Å². The van der Waals surface area contributed by atoms with Crippen molar-refractivity contribution in [2.75, 3.05) is 27.3 Å². The van der Waals surface area contributed by atoms with Gasteiger partial charge in [-0.15, -0.1) is 0 Å². The Morgan fingerprint density at radius 2 is 1.95 bits per heavy atom. The van der Waals surface area contributed by atoms with Gasteiger partial charge in [-0.25, -0.2) is 0 Å². The van der Waals surface area contributed by atoms with Gasteiger partial charge in [-0.1, -0.05) is 6.07 Å². The molecule has 5 nitrogen and oxygen atoms in total. The Morgan fingerprint density at radius 3 is 2.50 bits per heavy atom. The number of carbonyl (C=O) groups is 1. The minimum Gasteiger partial charge on any atom is -0.496 e. The number of likely N-dealkylation sites (tertiary alicyclic amines) is 1. The van der Waals surface area contributed by atoms with Crippen molar-refractivity contribution in [1.82, 2.24) is 4.90 Å². The van der Waals surface area contributed by atoms with Gasteiger partial charge in [-0.2, -0.15) is 0 Å². The molecule has 1 amide bonds. The number of ether oxygens (including phenoxy) is 2. The molecule has 0 aromatic heterocycles. The summed E-state index contributed by atoms with van der Waals surface area (Å²) in [6, 6.07) is 5.46. The van der Waals surface area contributed by atoms with Crippen molar-refractivity contribution in [3.63, 3.8) is 0 Å². The number of benzene rings is 1. The summed E-state index contributed by atoms with van der Waals surface area (Å²) in [5.41, 5.74) is 6.28. The molecule has 20 heavy (non-hydrogen) atoms. The van der Waals surface area contributed by atoms with Gasteiger partial charge >= 0.3 is 0 Å². The highest BCUT2D eigenvalue weighted by molar-refractivity contribution is 6.00. The molecule has 5 heteroatoms. The summed E-state index contributed by atoms with van der Waals surface area (Å²) in [6.45, 7) is 1.23. The van der Waals surface area contributed by atoms with Crippen molar-refractivity contribution in [3.05, 3.63) is 23.8 Å². The second-order valence-corrected chi connectivity index (χ2v) is 4.92. The Hall–Kier alpha value is -1.75. The Bertz CT molecular complexity index is 454. The van der Waals surface area contributed by atoms with Crippen LogP contribution >= 0.6 is 0 Å². The van der Waals surface area contributed by atoms with Gasteiger partial charge in [0.2, 0.25) is 0 Å². The molecule has 2 N–H and O–H groups in total. The quantitative estimate of drug-likeness (QED) is 0.909. The van der Waals surface area contributed by atoms with Gasteiger partial charge in [-0.05, 0) is 31.4 Å². The molecule has 0 aliphatic carbocycles. The van der Waals surface area contributed by atoms with Crippen LogP contribution in [0, 0.1) is 0 Å². The molecule has 1 saturated heterocycles. The molecule has 1 heterocycles. The van der Waals surface area contributed by atoms with Crippen LogP contribution in [0.25, 0.3) is 0 Å². The van der Waals surface area contributed by atoms with Crippen molar-refractivity contribution in [2.45, 2.75) is 25.3 Å². The van der Waals surface area contributed by atoms with Crippen molar-refractivity contribution in [3.8, 4) is 11.5 Å². The van der Waals surface area contributed by atoms with Gasteiger partial charge in [0, 0.05) is 19.1 Å². The van der Waals surface area contributed by atoms with E-state index in [4.69, 9.17) is 15.2 Å². The monoisotopic (exact) mass is 278 g/mol. The summed E-state index contributed by atoms with van der Waals surface area (Å²) in [5.74, 6) is 1.01. The average Bonchev–Trinajstić information content (AvgIpc) is 2.53. The molecule has 1 unspecified atom stereocenters. The van der Waals surface area contributed by atoms with Crippen LogP contribution in [0.5, 0.6) is 11.5 Å². The van der Waals surface area contributed by atoms with E-state index < -0.39 is 0 Å². The largest absolute Gasteiger partial charge is 0.496 e. The fourth-order valence-corrected chi connectivity index (χ4v) is 2.72. The van der Waals surface area contributed by atoms with Crippen molar-refractivity contribution in [1.29, 1.82) is 0 Å². The van der Waals surface area contributed by atoms with Crippen molar-refractivity contribution >= 4 is 5.91 Å². The lowest BCUT2D eigenvalue weighted by atomic mass is 10.0. The maximum Gasteiger partial charge on any atom is 0.261 e. The summed E-state index contributed by atoms with van der Waals surface area (Å²) in [4.78, 5) is 14.7. The topological polar surface area (TPSA) is 64.8 Å². The summed E-state index contributed by atoms with van der Waals surface area (Å²) >= 11 is 0. The van der Waals surface area contributed by atoms with E-state index in [2.05, 4.69) is 0 Å². The zero-order chi connectivity index (χ0) is 14.5. The molecule has 1 aromatic rings. The van der Waals surface area contributed by atoms with Gasteiger partial charge in [0.25, 0.3) is 5.91 Å². The molecule has 1 aliphatic rings. The minimum absolute atomic E-state index is 0.0607. The molecule has 1 aromatic carbocycles. The lowest BCUT2D eigenvalue weighted by molar-refractivity contribution is 0.0616. The van der Waals surface area contributed by atoms with E-state index in [1.165, 1.54) is 0 Å². The molecular formula is C15H22N2O3. The number of hydrogen-bond acceptors (Lipinski definition) is 4. The maximum atomic E-state index is 12.8. The highest BCUT2D eigenvalue weighted by Crippen LogP contribution is 2.31.